The number of carbonyl (C=O) groups excluding carboxylic acids is 3. The second-order valence-electron chi connectivity index (χ2n) is 8.52. The number of nitrogens with one attached hydrogen (secondary N) is 1. The number of nitrogens with zero attached hydrogens (tertiary/aromatic N) is 3. The summed E-state index contributed by atoms with van der Waals surface area (Å²) in [5, 5.41) is 2.90. The molecule has 3 rings (SSSR count). The first-order valence-electron chi connectivity index (χ1n) is 10.1. The Bertz CT molecular complexity index is 769. The number of imide groups is 1. The van der Waals surface area contributed by atoms with E-state index in [0.29, 0.717) is 32.6 Å². The maximum absolute atomic E-state index is 13.2. The second kappa shape index (κ2) is 8.02. The van der Waals surface area contributed by atoms with E-state index in [4.69, 9.17) is 4.74 Å². The van der Waals surface area contributed by atoms with Crippen molar-refractivity contribution in [2.24, 2.45) is 0 Å². The summed E-state index contributed by atoms with van der Waals surface area (Å²) in [5.41, 5.74) is -0.760. The molecule has 8 nitrogen and oxygen atoms in total. The number of hydrogen-bond acceptors (Lipinski definition) is 5. The van der Waals surface area contributed by atoms with Gasteiger partial charge in [-0.15, -0.1) is 0 Å². The van der Waals surface area contributed by atoms with E-state index >= 15 is 0 Å². The lowest BCUT2D eigenvalue weighted by atomic mass is 9.87. The minimum atomic E-state index is -1.02. The largest absolute Gasteiger partial charge is 0.444 e. The summed E-state index contributed by atoms with van der Waals surface area (Å²) in [4.78, 5) is 43.0. The van der Waals surface area contributed by atoms with Crippen LogP contribution in [0.5, 0.6) is 0 Å². The highest BCUT2D eigenvalue weighted by atomic mass is 16.6. The lowest BCUT2D eigenvalue weighted by Gasteiger charge is -2.36. The van der Waals surface area contributed by atoms with Gasteiger partial charge in [-0.1, -0.05) is 37.3 Å². The zero-order valence-electron chi connectivity index (χ0n) is 17.6. The average Bonchev–Trinajstić information content (AvgIpc) is 2.93. The molecule has 2 saturated heterocycles. The number of rotatable bonds is 4. The van der Waals surface area contributed by atoms with Gasteiger partial charge in [0.1, 0.15) is 11.1 Å². The zero-order valence-corrected chi connectivity index (χ0v) is 17.6. The number of ether oxygens (including phenoxy) is 1. The van der Waals surface area contributed by atoms with Crippen molar-refractivity contribution >= 4 is 18.0 Å². The Balaban J connectivity index is 1.62. The normalized spacial score (nSPS) is 23.3. The number of urea groups is 1. The van der Waals surface area contributed by atoms with E-state index in [1.54, 1.807) is 4.90 Å². The SMILES string of the molecule is CC[C@]1(c2ccccc2)NC(=O)N(CN2CCN(C(=O)OC(C)(C)C)CC2)C1=O. The Morgan fingerprint density at radius 3 is 2.28 bits per heavy atom. The molecule has 0 unspecified atom stereocenters. The molecule has 158 valence electrons. The molecule has 29 heavy (non-hydrogen) atoms. The molecule has 2 heterocycles. The van der Waals surface area contributed by atoms with Crippen molar-refractivity contribution in [2.75, 3.05) is 32.8 Å². The Hall–Kier alpha value is -2.61. The minimum absolute atomic E-state index is 0.210. The maximum Gasteiger partial charge on any atom is 0.410 e. The molecule has 2 aliphatic heterocycles. The lowest BCUT2D eigenvalue weighted by molar-refractivity contribution is -0.133. The van der Waals surface area contributed by atoms with E-state index in [0.717, 1.165) is 5.56 Å². The van der Waals surface area contributed by atoms with E-state index < -0.39 is 11.1 Å². The highest BCUT2D eigenvalue weighted by molar-refractivity contribution is 6.07. The predicted octanol–water partition coefficient (Wildman–Crippen LogP) is 2.35. The first-order valence-corrected chi connectivity index (χ1v) is 10.1. The van der Waals surface area contributed by atoms with Crippen LogP contribution >= 0.6 is 0 Å². The van der Waals surface area contributed by atoms with E-state index in [-0.39, 0.29) is 24.7 Å². The summed E-state index contributed by atoms with van der Waals surface area (Å²) in [6.45, 7) is 9.76. The summed E-state index contributed by atoms with van der Waals surface area (Å²) in [5.74, 6) is -0.231. The van der Waals surface area contributed by atoms with Gasteiger partial charge in [-0.3, -0.25) is 9.69 Å². The molecule has 8 heteroatoms. The highest BCUT2D eigenvalue weighted by Crippen LogP contribution is 2.32. The van der Waals surface area contributed by atoms with Crippen LogP contribution in [0.25, 0.3) is 0 Å². The Kier molecular flexibility index (Phi) is 5.84. The Morgan fingerprint density at radius 1 is 1.10 bits per heavy atom. The molecule has 0 spiro atoms. The molecule has 2 fully saturated rings. The van der Waals surface area contributed by atoms with Crippen LogP contribution in [0, 0.1) is 0 Å². The Morgan fingerprint density at radius 2 is 1.72 bits per heavy atom. The van der Waals surface area contributed by atoms with Gasteiger partial charge >= 0.3 is 12.1 Å². The van der Waals surface area contributed by atoms with E-state index in [9.17, 15) is 14.4 Å². The van der Waals surface area contributed by atoms with Gasteiger partial charge in [0.05, 0.1) is 6.67 Å². The van der Waals surface area contributed by atoms with Crippen molar-refractivity contribution in [2.45, 2.75) is 45.3 Å². The van der Waals surface area contributed by atoms with Crippen molar-refractivity contribution in [1.82, 2.24) is 20.0 Å². The molecule has 0 aliphatic carbocycles. The quantitative estimate of drug-likeness (QED) is 0.782. The van der Waals surface area contributed by atoms with Crippen LogP contribution < -0.4 is 5.32 Å². The fourth-order valence-electron chi connectivity index (χ4n) is 3.71. The van der Waals surface area contributed by atoms with Crippen LogP contribution in [-0.4, -0.2) is 71.2 Å². The number of piperazine rings is 1. The third kappa shape index (κ3) is 4.37. The van der Waals surface area contributed by atoms with Gasteiger partial charge in [0, 0.05) is 26.2 Å². The highest BCUT2D eigenvalue weighted by Gasteiger charge is 2.51. The first kappa shape index (κ1) is 21.1. The zero-order chi connectivity index (χ0) is 21.2. The van der Waals surface area contributed by atoms with Crippen LogP contribution in [0.15, 0.2) is 30.3 Å². The second-order valence-corrected chi connectivity index (χ2v) is 8.52. The minimum Gasteiger partial charge on any atom is -0.444 e. The van der Waals surface area contributed by atoms with Crippen molar-refractivity contribution < 1.29 is 19.1 Å². The molecule has 0 bridgehead atoms. The fourth-order valence-corrected chi connectivity index (χ4v) is 3.71. The smallest absolute Gasteiger partial charge is 0.410 e. The summed E-state index contributed by atoms with van der Waals surface area (Å²) < 4.78 is 5.41. The molecule has 2 aliphatic rings. The molecule has 1 aromatic rings. The van der Waals surface area contributed by atoms with Crippen molar-refractivity contribution in [3.05, 3.63) is 35.9 Å². The molecule has 1 N–H and O–H groups in total. The monoisotopic (exact) mass is 402 g/mol. The predicted molar refractivity (Wildman–Crippen MR) is 108 cm³/mol. The lowest BCUT2D eigenvalue weighted by Crippen LogP contribution is -2.53. The third-order valence-electron chi connectivity index (χ3n) is 5.34. The van der Waals surface area contributed by atoms with Crippen molar-refractivity contribution in [3.8, 4) is 0 Å². The number of benzene rings is 1. The first-order chi connectivity index (χ1) is 13.7. The van der Waals surface area contributed by atoms with Gasteiger partial charge in [-0.05, 0) is 32.8 Å². The molecule has 4 amide bonds. The number of carbonyl (C=O) groups is 3. The molecular formula is C21H30N4O4. The topological polar surface area (TPSA) is 82.2 Å². The van der Waals surface area contributed by atoms with Crippen molar-refractivity contribution in [1.29, 1.82) is 0 Å². The molecule has 1 atom stereocenters. The summed E-state index contributed by atoms with van der Waals surface area (Å²) >= 11 is 0. The molecular weight excluding hydrogens is 372 g/mol. The maximum atomic E-state index is 13.2. The van der Waals surface area contributed by atoms with Crippen LogP contribution in [0.4, 0.5) is 9.59 Å². The molecule has 0 radical (unpaired) electrons. The summed E-state index contributed by atoms with van der Waals surface area (Å²) in [6.07, 6.45) is 0.144. The molecule has 0 saturated carbocycles. The third-order valence-corrected chi connectivity index (χ3v) is 5.34. The molecule has 0 aromatic heterocycles. The van der Waals surface area contributed by atoms with E-state index in [1.165, 1.54) is 4.90 Å². The van der Waals surface area contributed by atoms with Crippen LogP contribution in [-0.2, 0) is 15.1 Å². The standard InChI is InChI=1S/C21H30N4O4/c1-5-21(16-9-7-6-8-10-16)17(26)25(18(27)22-21)15-23-11-13-24(14-12-23)19(28)29-20(2,3)4/h6-10H,5,11-15H2,1-4H3,(H,22,27)/t21-/m1/s1. The van der Waals surface area contributed by atoms with Gasteiger partial charge in [-0.25, -0.2) is 14.5 Å². The molecule has 1 aromatic carbocycles. The van der Waals surface area contributed by atoms with Gasteiger partial charge in [0.15, 0.2) is 0 Å². The Labute approximate surface area is 171 Å². The number of hydrogen-bond donors (Lipinski definition) is 1. The fraction of sp³-hybridized carbons (Fsp3) is 0.571. The van der Waals surface area contributed by atoms with Gasteiger partial charge in [-0.2, -0.15) is 0 Å². The average molecular weight is 402 g/mol. The van der Waals surface area contributed by atoms with Gasteiger partial charge in [0.25, 0.3) is 5.91 Å². The van der Waals surface area contributed by atoms with E-state index in [2.05, 4.69) is 5.32 Å². The van der Waals surface area contributed by atoms with Crippen LogP contribution in [0.3, 0.4) is 0 Å². The van der Waals surface area contributed by atoms with E-state index in [1.807, 2.05) is 62.9 Å². The van der Waals surface area contributed by atoms with Gasteiger partial charge < -0.3 is 15.0 Å². The van der Waals surface area contributed by atoms with Crippen LogP contribution in [0.1, 0.15) is 39.7 Å². The van der Waals surface area contributed by atoms with Crippen LogP contribution in [0.2, 0.25) is 0 Å². The summed E-state index contributed by atoms with van der Waals surface area (Å²) in [6, 6.07) is 8.97. The van der Waals surface area contributed by atoms with Gasteiger partial charge in [0.2, 0.25) is 0 Å². The summed E-state index contributed by atoms with van der Waals surface area (Å²) in [7, 11) is 0. The number of amides is 4. The van der Waals surface area contributed by atoms with Crippen molar-refractivity contribution in [3.63, 3.8) is 0 Å².